The lowest BCUT2D eigenvalue weighted by Gasteiger charge is -2.32. The summed E-state index contributed by atoms with van der Waals surface area (Å²) < 4.78 is 0. The maximum absolute atomic E-state index is 12.6. The number of thioether (sulfide) groups is 1. The summed E-state index contributed by atoms with van der Waals surface area (Å²) in [4.78, 5) is 17.6. The van der Waals surface area contributed by atoms with E-state index in [1.165, 1.54) is 33.7 Å². The van der Waals surface area contributed by atoms with Crippen molar-refractivity contribution in [1.82, 2.24) is 10.2 Å². The number of thiophene rings is 1. The van der Waals surface area contributed by atoms with E-state index in [0.717, 1.165) is 13.1 Å². The van der Waals surface area contributed by atoms with E-state index in [2.05, 4.69) is 66.7 Å². The van der Waals surface area contributed by atoms with E-state index in [1.54, 1.807) is 23.1 Å². The molecule has 0 aliphatic carbocycles. The highest BCUT2D eigenvalue weighted by molar-refractivity contribution is 8.00. The molecule has 0 spiro atoms. The molecule has 1 N–H and O–H groups in total. The number of hydrogen-bond donors (Lipinski definition) is 1. The van der Waals surface area contributed by atoms with Crippen molar-refractivity contribution in [3.05, 3.63) is 51.7 Å². The van der Waals surface area contributed by atoms with E-state index in [-0.39, 0.29) is 18.0 Å². The van der Waals surface area contributed by atoms with Gasteiger partial charge in [0.25, 0.3) is 0 Å². The summed E-state index contributed by atoms with van der Waals surface area (Å²) in [6.45, 7) is 8.58. The van der Waals surface area contributed by atoms with Gasteiger partial charge in [-0.3, -0.25) is 9.69 Å². The summed E-state index contributed by atoms with van der Waals surface area (Å²) in [7, 11) is 0. The molecule has 1 aromatic carbocycles. The number of benzene rings is 1. The zero-order chi connectivity index (χ0) is 18.5. The molecule has 1 aliphatic rings. The van der Waals surface area contributed by atoms with E-state index in [9.17, 15) is 4.79 Å². The highest BCUT2D eigenvalue weighted by atomic mass is 32.2. The van der Waals surface area contributed by atoms with Crippen molar-refractivity contribution in [1.29, 1.82) is 0 Å². The second-order valence-electron chi connectivity index (χ2n) is 7.12. The summed E-state index contributed by atoms with van der Waals surface area (Å²) >= 11 is 3.42. The average molecular weight is 389 g/mol. The molecule has 0 bridgehead atoms. The van der Waals surface area contributed by atoms with E-state index in [4.69, 9.17) is 0 Å². The van der Waals surface area contributed by atoms with Gasteiger partial charge in [-0.1, -0.05) is 23.8 Å². The van der Waals surface area contributed by atoms with Crippen LogP contribution in [0.4, 0.5) is 0 Å². The standard InChI is InChI=1S/C21H28N2OS2/c1-15-8-9-16(2)19(13-15)26-14-20(24)22-17(3)21(18-7-6-12-25-18)23-10-4-5-11-23/h6-9,12-13,17,21H,4-5,10-11,14H2,1-3H3,(H,22,24)/t17-,21-/m0/s1. The molecule has 5 heteroatoms. The van der Waals surface area contributed by atoms with Gasteiger partial charge in [0.15, 0.2) is 0 Å². The van der Waals surface area contributed by atoms with E-state index in [1.807, 2.05) is 0 Å². The maximum atomic E-state index is 12.6. The zero-order valence-corrected chi connectivity index (χ0v) is 17.5. The monoisotopic (exact) mass is 388 g/mol. The Hall–Kier alpha value is -1.30. The Bertz CT molecular complexity index is 724. The molecule has 0 unspecified atom stereocenters. The molecule has 2 heterocycles. The molecule has 1 amide bonds. The van der Waals surface area contributed by atoms with Crippen molar-refractivity contribution >= 4 is 29.0 Å². The third-order valence-corrected chi connectivity index (χ3v) is 7.03. The quantitative estimate of drug-likeness (QED) is 0.692. The van der Waals surface area contributed by atoms with Crippen LogP contribution < -0.4 is 5.32 Å². The van der Waals surface area contributed by atoms with Crippen LogP contribution in [-0.2, 0) is 4.79 Å². The van der Waals surface area contributed by atoms with E-state index < -0.39 is 0 Å². The van der Waals surface area contributed by atoms with Crippen LogP contribution in [0.1, 0.15) is 41.8 Å². The first kappa shape index (κ1) is 19.5. The van der Waals surface area contributed by atoms with Crippen LogP contribution in [0.25, 0.3) is 0 Å². The lowest BCUT2D eigenvalue weighted by molar-refractivity contribution is -0.119. The van der Waals surface area contributed by atoms with E-state index in [0.29, 0.717) is 5.75 Å². The smallest absolute Gasteiger partial charge is 0.230 e. The lowest BCUT2D eigenvalue weighted by atomic mass is 10.1. The number of carbonyl (C=O) groups excluding carboxylic acids is 1. The number of nitrogens with one attached hydrogen (secondary N) is 1. The Labute approximate surface area is 165 Å². The summed E-state index contributed by atoms with van der Waals surface area (Å²) in [6, 6.07) is 11.1. The predicted octanol–water partition coefficient (Wildman–Crippen LogP) is 4.80. The second-order valence-corrected chi connectivity index (χ2v) is 9.11. The van der Waals surface area contributed by atoms with Crippen LogP contribution in [0.15, 0.2) is 40.6 Å². The fraction of sp³-hybridized carbons (Fsp3) is 0.476. The van der Waals surface area contributed by atoms with Crippen molar-refractivity contribution in [2.24, 2.45) is 0 Å². The number of rotatable bonds is 7. The number of likely N-dealkylation sites (tertiary alicyclic amines) is 1. The molecule has 0 radical (unpaired) electrons. The van der Waals surface area contributed by atoms with Gasteiger partial charge in [-0.05, 0) is 69.8 Å². The summed E-state index contributed by atoms with van der Waals surface area (Å²) in [5.74, 6) is 0.579. The predicted molar refractivity (Wildman–Crippen MR) is 112 cm³/mol. The fourth-order valence-corrected chi connectivity index (χ4v) is 5.50. The first-order valence-corrected chi connectivity index (χ1v) is 11.2. The number of hydrogen-bond acceptors (Lipinski definition) is 4. The number of amides is 1. The topological polar surface area (TPSA) is 32.3 Å². The molecular weight excluding hydrogens is 360 g/mol. The normalized spacial score (nSPS) is 17.2. The van der Waals surface area contributed by atoms with Crippen LogP contribution in [0.5, 0.6) is 0 Å². The van der Waals surface area contributed by atoms with Gasteiger partial charge >= 0.3 is 0 Å². The van der Waals surface area contributed by atoms with Gasteiger partial charge < -0.3 is 5.32 Å². The molecule has 26 heavy (non-hydrogen) atoms. The molecule has 140 valence electrons. The van der Waals surface area contributed by atoms with Crippen LogP contribution >= 0.6 is 23.1 Å². The van der Waals surface area contributed by atoms with Crippen molar-refractivity contribution in [3.63, 3.8) is 0 Å². The Morgan fingerprint density at radius 2 is 2.04 bits per heavy atom. The third-order valence-electron chi connectivity index (χ3n) is 4.93. The molecule has 1 aliphatic heterocycles. The van der Waals surface area contributed by atoms with Gasteiger partial charge in [0.1, 0.15) is 0 Å². The summed E-state index contributed by atoms with van der Waals surface area (Å²) in [5.41, 5.74) is 2.47. The SMILES string of the molecule is Cc1ccc(C)c(SCC(=O)N[C@@H](C)[C@@H](c2cccs2)N2CCCC2)c1. The molecule has 2 aromatic rings. The van der Waals surface area contributed by atoms with E-state index >= 15 is 0 Å². The molecule has 1 aromatic heterocycles. The lowest BCUT2D eigenvalue weighted by Crippen LogP contribution is -2.44. The molecule has 2 atom stereocenters. The van der Waals surface area contributed by atoms with Crippen molar-refractivity contribution < 1.29 is 4.79 Å². The largest absolute Gasteiger partial charge is 0.351 e. The second kappa shape index (κ2) is 9.07. The van der Waals surface area contributed by atoms with Gasteiger partial charge in [0, 0.05) is 15.8 Å². The Kier molecular flexibility index (Phi) is 6.79. The van der Waals surface area contributed by atoms with Crippen molar-refractivity contribution in [3.8, 4) is 0 Å². The van der Waals surface area contributed by atoms with Crippen molar-refractivity contribution in [2.45, 2.75) is 50.6 Å². The highest BCUT2D eigenvalue weighted by Gasteiger charge is 2.29. The third kappa shape index (κ3) is 4.90. The van der Waals surface area contributed by atoms with Crippen LogP contribution in [0, 0.1) is 13.8 Å². The molecule has 1 fully saturated rings. The fourth-order valence-electron chi connectivity index (χ4n) is 3.60. The summed E-state index contributed by atoms with van der Waals surface area (Å²) in [6.07, 6.45) is 2.51. The minimum absolute atomic E-state index is 0.110. The van der Waals surface area contributed by atoms with Gasteiger partial charge in [-0.2, -0.15) is 0 Å². The molecule has 1 saturated heterocycles. The van der Waals surface area contributed by atoms with Crippen LogP contribution in [0.2, 0.25) is 0 Å². The van der Waals surface area contributed by atoms with Crippen molar-refractivity contribution in [2.75, 3.05) is 18.8 Å². The first-order valence-electron chi connectivity index (χ1n) is 9.31. The first-order chi connectivity index (χ1) is 12.5. The van der Waals surface area contributed by atoms with Gasteiger partial charge in [-0.25, -0.2) is 0 Å². The molecule has 0 saturated carbocycles. The minimum Gasteiger partial charge on any atom is -0.351 e. The van der Waals surface area contributed by atoms with Gasteiger partial charge in [0.05, 0.1) is 11.8 Å². The zero-order valence-electron chi connectivity index (χ0n) is 15.8. The number of carbonyl (C=O) groups is 1. The Balaban J connectivity index is 1.60. The maximum Gasteiger partial charge on any atom is 0.230 e. The van der Waals surface area contributed by atoms with Crippen LogP contribution in [0.3, 0.4) is 0 Å². The number of aryl methyl sites for hydroxylation is 2. The average Bonchev–Trinajstić information content (AvgIpc) is 3.30. The van der Waals surface area contributed by atoms with Crippen LogP contribution in [-0.4, -0.2) is 35.7 Å². The summed E-state index contributed by atoms with van der Waals surface area (Å²) in [5, 5.41) is 5.38. The van der Waals surface area contributed by atoms with Gasteiger partial charge in [-0.15, -0.1) is 23.1 Å². The Morgan fingerprint density at radius 1 is 1.27 bits per heavy atom. The molecule has 3 rings (SSSR count). The highest BCUT2D eigenvalue weighted by Crippen LogP contribution is 2.31. The number of nitrogens with zero attached hydrogens (tertiary/aromatic N) is 1. The van der Waals surface area contributed by atoms with Gasteiger partial charge in [0.2, 0.25) is 5.91 Å². The molecular formula is C21H28N2OS2. The Morgan fingerprint density at radius 3 is 2.73 bits per heavy atom. The molecule has 3 nitrogen and oxygen atoms in total. The minimum atomic E-state index is 0.110.